The van der Waals surface area contributed by atoms with Crippen LogP contribution in [0.4, 0.5) is 0 Å². The summed E-state index contributed by atoms with van der Waals surface area (Å²) in [5.41, 5.74) is 0.739. The van der Waals surface area contributed by atoms with Crippen molar-refractivity contribution in [1.82, 2.24) is 9.88 Å². The molecule has 0 aromatic carbocycles. The zero-order valence-corrected chi connectivity index (χ0v) is 8.88. The van der Waals surface area contributed by atoms with Gasteiger partial charge in [-0.05, 0) is 12.0 Å². The summed E-state index contributed by atoms with van der Waals surface area (Å²) in [7, 11) is 0. The number of aromatic nitrogens is 1. The van der Waals surface area contributed by atoms with Gasteiger partial charge >= 0.3 is 0 Å². The minimum Gasteiger partial charge on any atom is -0.396 e. The fourth-order valence-corrected chi connectivity index (χ4v) is 1.67. The lowest BCUT2D eigenvalue weighted by molar-refractivity contribution is 0.0614. The summed E-state index contributed by atoms with van der Waals surface area (Å²) in [5.74, 6) is -0.744. The molecule has 1 aromatic heterocycles. The summed E-state index contributed by atoms with van der Waals surface area (Å²) in [6.07, 6.45) is 2.89. The normalized spacial score (nSPS) is 16.5. The summed E-state index contributed by atoms with van der Waals surface area (Å²) in [6, 6.07) is 1.54. The van der Waals surface area contributed by atoms with Crippen LogP contribution in [0.2, 0.25) is 0 Å². The van der Waals surface area contributed by atoms with E-state index in [0.717, 1.165) is 4.90 Å². The molecule has 0 saturated carbocycles. The Morgan fingerprint density at radius 1 is 1.38 bits per heavy atom. The van der Waals surface area contributed by atoms with Crippen LogP contribution in [0.3, 0.4) is 0 Å². The van der Waals surface area contributed by atoms with Crippen molar-refractivity contribution in [3.05, 3.63) is 29.6 Å². The largest absolute Gasteiger partial charge is 0.396 e. The molecule has 0 bridgehead atoms. The first-order chi connectivity index (χ1) is 7.65. The number of carbonyl (C=O) groups excluding carboxylic acids is 2. The Labute approximate surface area is 92.7 Å². The van der Waals surface area contributed by atoms with Gasteiger partial charge in [0.15, 0.2) is 0 Å². The second-order valence-corrected chi connectivity index (χ2v) is 3.93. The molecule has 0 fully saturated rings. The van der Waals surface area contributed by atoms with E-state index in [0.29, 0.717) is 11.1 Å². The number of imide groups is 1. The zero-order chi connectivity index (χ0) is 11.7. The fraction of sp³-hybridized carbons (Fsp3) is 0.364. The monoisotopic (exact) mass is 220 g/mol. The van der Waals surface area contributed by atoms with Crippen molar-refractivity contribution >= 4 is 11.8 Å². The molecule has 1 unspecified atom stereocenters. The van der Waals surface area contributed by atoms with Crippen molar-refractivity contribution in [1.29, 1.82) is 0 Å². The molecule has 1 aliphatic heterocycles. The van der Waals surface area contributed by atoms with Gasteiger partial charge in [0.25, 0.3) is 11.8 Å². The minimum absolute atomic E-state index is 0.0499. The zero-order valence-electron chi connectivity index (χ0n) is 8.88. The first-order valence-electron chi connectivity index (χ1n) is 5.06. The second-order valence-electron chi connectivity index (χ2n) is 3.93. The maximum atomic E-state index is 11.9. The van der Waals surface area contributed by atoms with E-state index in [4.69, 9.17) is 5.11 Å². The Kier molecular flexibility index (Phi) is 2.70. The van der Waals surface area contributed by atoms with Crippen LogP contribution in [0.1, 0.15) is 27.6 Å². The van der Waals surface area contributed by atoms with Crippen LogP contribution in [0, 0.1) is 5.92 Å². The maximum Gasteiger partial charge on any atom is 0.263 e. The molecule has 2 amide bonds. The molecule has 0 spiro atoms. The van der Waals surface area contributed by atoms with Gasteiger partial charge in [0.1, 0.15) is 0 Å². The summed E-state index contributed by atoms with van der Waals surface area (Å²) >= 11 is 0. The molecule has 5 heteroatoms. The topological polar surface area (TPSA) is 70.5 Å². The molecular weight excluding hydrogens is 208 g/mol. The molecule has 84 valence electrons. The molecule has 16 heavy (non-hydrogen) atoms. The molecule has 1 aromatic rings. The van der Waals surface area contributed by atoms with E-state index in [2.05, 4.69) is 4.98 Å². The standard InChI is InChI=1S/C11H12N2O3/c1-7(6-14)5-13-10(15)8-2-3-12-4-9(8)11(13)16/h2-4,7,14H,5-6H2,1H3. The first-order valence-corrected chi connectivity index (χ1v) is 5.06. The Morgan fingerprint density at radius 2 is 2.06 bits per heavy atom. The lowest BCUT2D eigenvalue weighted by atomic mass is 10.2. The number of aliphatic hydroxyl groups is 1. The summed E-state index contributed by atoms with van der Waals surface area (Å²) in [4.78, 5) is 28.7. The van der Waals surface area contributed by atoms with E-state index in [1.807, 2.05) is 0 Å². The van der Waals surface area contributed by atoms with Gasteiger partial charge in [-0.3, -0.25) is 19.5 Å². The van der Waals surface area contributed by atoms with Gasteiger partial charge < -0.3 is 5.11 Å². The molecule has 0 radical (unpaired) electrons. The summed E-state index contributed by atoms with van der Waals surface area (Å²) in [5, 5.41) is 8.92. The van der Waals surface area contributed by atoms with E-state index >= 15 is 0 Å². The quantitative estimate of drug-likeness (QED) is 0.744. The maximum absolute atomic E-state index is 11.9. The summed E-state index contributed by atoms with van der Waals surface area (Å²) in [6.45, 7) is 1.97. The van der Waals surface area contributed by atoms with Crippen molar-refractivity contribution in [2.45, 2.75) is 6.92 Å². The number of rotatable bonds is 3. The van der Waals surface area contributed by atoms with Crippen LogP contribution in [-0.2, 0) is 0 Å². The molecule has 1 N–H and O–H groups in total. The average Bonchev–Trinajstić information content (AvgIpc) is 2.55. The molecule has 0 aliphatic carbocycles. The van der Waals surface area contributed by atoms with E-state index in [1.54, 1.807) is 13.0 Å². The highest BCUT2D eigenvalue weighted by molar-refractivity contribution is 6.21. The van der Waals surface area contributed by atoms with E-state index < -0.39 is 0 Å². The minimum atomic E-state index is -0.326. The number of amides is 2. The van der Waals surface area contributed by atoms with Gasteiger partial charge in [-0.2, -0.15) is 0 Å². The van der Waals surface area contributed by atoms with Crippen molar-refractivity contribution in [3.63, 3.8) is 0 Å². The van der Waals surface area contributed by atoms with Crippen LogP contribution in [0.15, 0.2) is 18.5 Å². The molecule has 1 aliphatic rings. The second kappa shape index (κ2) is 4.02. The highest BCUT2D eigenvalue weighted by atomic mass is 16.3. The highest BCUT2D eigenvalue weighted by Crippen LogP contribution is 2.22. The predicted octanol–water partition coefficient (Wildman–Crippen LogP) is 0.306. The first kappa shape index (κ1) is 10.8. The lowest BCUT2D eigenvalue weighted by Crippen LogP contribution is -2.34. The van der Waals surface area contributed by atoms with Gasteiger partial charge in [0.2, 0.25) is 0 Å². The van der Waals surface area contributed by atoms with Gasteiger partial charge in [-0.1, -0.05) is 6.92 Å². The third-order valence-electron chi connectivity index (χ3n) is 2.58. The smallest absolute Gasteiger partial charge is 0.263 e. The Morgan fingerprint density at radius 3 is 2.69 bits per heavy atom. The molecule has 5 nitrogen and oxygen atoms in total. The van der Waals surface area contributed by atoms with Crippen molar-refractivity contribution in [2.24, 2.45) is 5.92 Å². The number of aliphatic hydroxyl groups excluding tert-OH is 1. The van der Waals surface area contributed by atoms with E-state index in [9.17, 15) is 9.59 Å². The molecule has 2 heterocycles. The third-order valence-corrected chi connectivity index (χ3v) is 2.58. The summed E-state index contributed by atoms with van der Waals surface area (Å²) < 4.78 is 0. The fourth-order valence-electron chi connectivity index (χ4n) is 1.67. The van der Waals surface area contributed by atoms with Gasteiger partial charge in [0.05, 0.1) is 11.1 Å². The van der Waals surface area contributed by atoms with Crippen LogP contribution in [0.5, 0.6) is 0 Å². The lowest BCUT2D eigenvalue weighted by Gasteiger charge is -2.17. The van der Waals surface area contributed by atoms with Crippen molar-refractivity contribution in [2.75, 3.05) is 13.2 Å². The highest BCUT2D eigenvalue weighted by Gasteiger charge is 2.35. The average molecular weight is 220 g/mol. The number of nitrogens with zero attached hydrogens (tertiary/aromatic N) is 2. The Balaban J connectivity index is 2.28. The number of hydrogen-bond donors (Lipinski definition) is 1. The number of pyridine rings is 1. The Hall–Kier alpha value is -1.75. The van der Waals surface area contributed by atoms with E-state index in [-0.39, 0.29) is 30.9 Å². The number of hydrogen-bond acceptors (Lipinski definition) is 4. The molecule has 1 atom stereocenters. The number of fused-ring (bicyclic) bond motifs is 1. The van der Waals surface area contributed by atoms with Crippen LogP contribution in [-0.4, -0.2) is 40.0 Å². The van der Waals surface area contributed by atoms with Gasteiger partial charge in [-0.15, -0.1) is 0 Å². The van der Waals surface area contributed by atoms with Crippen molar-refractivity contribution < 1.29 is 14.7 Å². The molecule has 2 rings (SSSR count). The van der Waals surface area contributed by atoms with Gasteiger partial charge in [0, 0.05) is 25.5 Å². The molecule has 0 saturated heterocycles. The van der Waals surface area contributed by atoms with Crippen LogP contribution in [0.25, 0.3) is 0 Å². The molecular formula is C11H12N2O3. The van der Waals surface area contributed by atoms with Crippen LogP contribution < -0.4 is 0 Å². The van der Waals surface area contributed by atoms with Crippen molar-refractivity contribution in [3.8, 4) is 0 Å². The SMILES string of the molecule is CC(CO)CN1C(=O)c2ccncc2C1=O. The van der Waals surface area contributed by atoms with Gasteiger partial charge in [-0.25, -0.2) is 0 Å². The number of carbonyl (C=O) groups is 2. The third kappa shape index (κ3) is 1.59. The van der Waals surface area contributed by atoms with Crippen LogP contribution >= 0.6 is 0 Å². The Bertz CT molecular complexity index is 410. The predicted molar refractivity (Wildman–Crippen MR) is 55.9 cm³/mol. The van der Waals surface area contributed by atoms with E-state index in [1.165, 1.54) is 12.4 Å².